The minimum absolute atomic E-state index is 0.195. The lowest BCUT2D eigenvalue weighted by Crippen LogP contribution is -2.54. The molecule has 1 amide bonds. The van der Waals surface area contributed by atoms with Gasteiger partial charge in [-0.25, -0.2) is 13.2 Å². The minimum Gasteiger partial charge on any atom is -0.442 e. The first kappa shape index (κ1) is 20.2. The maximum absolute atomic E-state index is 14.5. The number of aryl methyl sites for hydroxylation is 1. The quantitative estimate of drug-likeness (QED) is 0.801. The fourth-order valence-corrected chi connectivity index (χ4v) is 4.05. The van der Waals surface area contributed by atoms with Gasteiger partial charge in [-0.1, -0.05) is 0 Å². The highest BCUT2D eigenvalue weighted by Gasteiger charge is 2.57. The van der Waals surface area contributed by atoms with E-state index in [0.29, 0.717) is 16.8 Å². The van der Waals surface area contributed by atoms with Gasteiger partial charge in [-0.15, -0.1) is 5.10 Å². The standard InChI is InChI=1S/C21H20F3N3O3/c1-11-7-19-16(9-18(11)24)21(13(5-6-28)10-25-19)27(12(2)29)26-20(30-21)15-8-14(22)3-4-17(15)23/h3-4,7-9,13,25,28H,5-6,10H2,1-2H3. The lowest BCUT2D eigenvalue weighted by atomic mass is 9.81. The molecular formula is C21H20F3N3O3. The number of carbonyl (C=O) groups is 1. The van der Waals surface area contributed by atoms with Gasteiger partial charge in [-0.05, 0) is 49.2 Å². The van der Waals surface area contributed by atoms with Crippen LogP contribution in [0.5, 0.6) is 0 Å². The van der Waals surface area contributed by atoms with Crippen LogP contribution in [0.15, 0.2) is 35.4 Å². The lowest BCUT2D eigenvalue weighted by molar-refractivity contribution is -0.161. The van der Waals surface area contributed by atoms with Crippen molar-refractivity contribution in [1.82, 2.24) is 5.01 Å². The zero-order valence-corrected chi connectivity index (χ0v) is 16.4. The average Bonchev–Trinajstić information content (AvgIpc) is 3.09. The molecule has 2 aromatic carbocycles. The predicted molar refractivity (Wildman–Crippen MR) is 103 cm³/mol. The number of hydrazone groups is 1. The van der Waals surface area contributed by atoms with E-state index in [1.807, 2.05) is 0 Å². The molecule has 2 aliphatic heterocycles. The van der Waals surface area contributed by atoms with Crippen LogP contribution >= 0.6 is 0 Å². The van der Waals surface area contributed by atoms with Crippen LogP contribution in [0.25, 0.3) is 0 Å². The van der Waals surface area contributed by atoms with Gasteiger partial charge < -0.3 is 15.2 Å². The summed E-state index contributed by atoms with van der Waals surface area (Å²) in [6, 6.07) is 5.65. The van der Waals surface area contributed by atoms with E-state index >= 15 is 0 Å². The Hall–Kier alpha value is -3.07. The predicted octanol–water partition coefficient (Wildman–Crippen LogP) is 3.23. The molecule has 0 fully saturated rings. The van der Waals surface area contributed by atoms with Gasteiger partial charge in [0.25, 0.3) is 0 Å². The molecule has 2 atom stereocenters. The molecule has 9 heteroatoms. The zero-order chi connectivity index (χ0) is 21.6. The number of aliphatic hydroxyl groups is 1. The molecule has 2 aromatic rings. The highest BCUT2D eigenvalue weighted by molar-refractivity contribution is 5.97. The third kappa shape index (κ3) is 3.00. The second kappa shape index (κ2) is 7.32. The van der Waals surface area contributed by atoms with Crippen LogP contribution in [0.3, 0.4) is 0 Å². The molecule has 0 bridgehead atoms. The monoisotopic (exact) mass is 419 g/mol. The molecule has 2 heterocycles. The number of aliphatic hydroxyl groups excluding tert-OH is 1. The van der Waals surface area contributed by atoms with Crippen molar-refractivity contribution < 1.29 is 27.8 Å². The van der Waals surface area contributed by atoms with Crippen LogP contribution in [0.2, 0.25) is 0 Å². The van der Waals surface area contributed by atoms with E-state index in [1.54, 1.807) is 13.0 Å². The van der Waals surface area contributed by atoms with E-state index in [2.05, 4.69) is 10.4 Å². The number of amides is 1. The molecule has 2 N–H and O–H groups in total. The van der Waals surface area contributed by atoms with Crippen LogP contribution in [0.4, 0.5) is 18.9 Å². The molecule has 0 saturated carbocycles. The first-order chi connectivity index (χ1) is 14.3. The fourth-order valence-electron chi connectivity index (χ4n) is 4.05. The van der Waals surface area contributed by atoms with Crippen molar-refractivity contribution in [2.45, 2.75) is 26.0 Å². The SMILES string of the molecule is CC(=O)N1N=C(c2cc(F)ccc2F)OC12c1cc(F)c(C)cc1NCC2CCO. The highest BCUT2D eigenvalue weighted by atomic mass is 19.1. The van der Waals surface area contributed by atoms with E-state index in [4.69, 9.17) is 4.74 Å². The molecule has 4 rings (SSSR count). The third-order valence-corrected chi connectivity index (χ3v) is 5.47. The Morgan fingerprint density at radius 2 is 2.07 bits per heavy atom. The smallest absolute Gasteiger partial charge is 0.244 e. The van der Waals surface area contributed by atoms with Crippen molar-refractivity contribution in [3.63, 3.8) is 0 Å². The number of benzene rings is 2. The number of fused-ring (bicyclic) bond motifs is 2. The number of hydrogen-bond acceptors (Lipinski definition) is 5. The van der Waals surface area contributed by atoms with Crippen LogP contribution in [0.1, 0.15) is 30.0 Å². The summed E-state index contributed by atoms with van der Waals surface area (Å²) in [5.41, 5.74) is -0.653. The largest absolute Gasteiger partial charge is 0.442 e. The molecule has 1 spiro atoms. The molecule has 30 heavy (non-hydrogen) atoms. The molecule has 2 aliphatic rings. The minimum atomic E-state index is -1.61. The van der Waals surface area contributed by atoms with Gasteiger partial charge in [-0.2, -0.15) is 5.01 Å². The van der Waals surface area contributed by atoms with Gasteiger partial charge in [0, 0.05) is 37.2 Å². The van der Waals surface area contributed by atoms with Gasteiger partial charge in [0.15, 0.2) is 0 Å². The summed E-state index contributed by atoms with van der Waals surface area (Å²) in [5.74, 6) is -3.36. The third-order valence-electron chi connectivity index (χ3n) is 5.47. The van der Waals surface area contributed by atoms with Crippen molar-refractivity contribution in [2.75, 3.05) is 18.5 Å². The lowest BCUT2D eigenvalue weighted by Gasteiger charge is -2.45. The van der Waals surface area contributed by atoms with E-state index in [9.17, 15) is 23.1 Å². The second-order valence-electron chi connectivity index (χ2n) is 7.40. The molecule has 2 unspecified atom stereocenters. The molecular weight excluding hydrogens is 399 g/mol. The van der Waals surface area contributed by atoms with E-state index in [-0.39, 0.29) is 31.0 Å². The summed E-state index contributed by atoms with van der Waals surface area (Å²) >= 11 is 0. The van der Waals surface area contributed by atoms with Crippen molar-refractivity contribution in [2.24, 2.45) is 11.0 Å². The summed E-state index contributed by atoms with van der Waals surface area (Å²) in [6.07, 6.45) is 0.195. The Labute approximate surface area is 171 Å². The van der Waals surface area contributed by atoms with Gasteiger partial charge >= 0.3 is 0 Å². The number of rotatable bonds is 3. The fraction of sp³-hybridized carbons (Fsp3) is 0.333. The number of ether oxygens (including phenoxy) is 1. The van der Waals surface area contributed by atoms with Gasteiger partial charge in [0.1, 0.15) is 17.5 Å². The molecule has 158 valence electrons. The Morgan fingerprint density at radius 3 is 2.77 bits per heavy atom. The Bertz CT molecular complexity index is 1060. The van der Waals surface area contributed by atoms with Gasteiger partial charge in [-0.3, -0.25) is 4.79 Å². The van der Waals surface area contributed by atoms with Gasteiger partial charge in [0.2, 0.25) is 17.5 Å². The van der Waals surface area contributed by atoms with Crippen molar-refractivity contribution in [3.8, 4) is 0 Å². The first-order valence-electron chi connectivity index (χ1n) is 9.47. The van der Waals surface area contributed by atoms with Crippen LogP contribution < -0.4 is 5.32 Å². The summed E-state index contributed by atoms with van der Waals surface area (Å²) < 4.78 is 48.8. The highest BCUT2D eigenvalue weighted by Crippen LogP contribution is 2.50. The van der Waals surface area contributed by atoms with Crippen molar-refractivity contribution in [1.29, 1.82) is 0 Å². The number of hydrogen-bond donors (Lipinski definition) is 2. The summed E-state index contributed by atoms with van der Waals surface area (Å²) in [6.45, 7) is 2.92. The van der Waals surface area contributed by atoms with Gasteiger partial charge in [0.05, 0.1) is 5.56 Å². The summed E-state index contributed by atoms with van der Waals surface area (Å²) in [5, 5.41) is 17.9. The number of anilines is 1. The molecule has 0 saturated heterocycles. The number of carbonyl (C=O) groups excluding carboxylic acids is 1. The topological polar surface area (TPSA) is 74.2 Å². The number of nitrogens with one attached hydrogen (secondary N) is 1. The molecule has 6 nitrogen and oxygen atoms in total. The maximum Gasteiger partial charge on any atom is 0.244 e. The molecule has 0 radical (unpaired) electrons. The van der Waals surface area contributed by atoms with E-state index < -0.39 is 35.0 Å². The number of halogens is 3. The number of nitrogens with zero attached hydrogens (tertiary/aromatic N) is 2. The Kier molecular flexibility index (Phi) is 4.93. The van der Waals surface area contributed by atoms with Crippen molar-refractivity contribution in [3.05, 3.63) is 64.5 Å². The molecule has 0 aliphatic carbocycles. The second-order valence-corrected chi connectivity index (χ2v) is 7.40. The van der Waals surface area contributed by atoms with Crippen molar-refractivity contribution >= 4 is 17.5 Å². The first-order valence-corrected chi connectivity index (χ1v) is 9.47. The summed E-state index contributed by atoms with van der Waals surface area (Å²) in [4.78, 5) is 12.6. The van der Waals surface area contributed by atoms with Crippen LogP contribution in [-0.4, -0.2) is 35.1 Å². The Balaban J connectivity index is 1.93. The molecule has 0 aromatic heterocycles. The van der Waals surface area contributed by atoms with Crippen LogP contribution in [-0.2, 0) is 15.3 Å². The average molecular weight is 419 g/mol. The van der Waals surface area contributed by atoms with E-state index in [1.165, 1.54) is 13.0 Å². The normalized spacial score (nSPS) is 22.4. The zero-order valence-electron chi connectivity index (χ0n) is 16.4. The summed E-state index contributed by atoms with van der Waals surface area (Å²) in [7, 11) is 0. The van der Waals surface area contributed by atoms with Crippen LogP contribution in [0, 0.1) is 30.3 Å². The van der Waals surface area contributed by atoms with E-state index in [0.717, 1.165) is 23.2 Å². The maximum atomic E-state index is 14.5. The Morgan fingerprint density at radius 1 is 1.30 bits per heavy atom.